The van der Waals surface area contributed by atoms with Crippen molar-refractivity contribution in [1.82, 2.24) is 0 Å². The Morgan fingerprint density at radius 1 is 1.29 bits per heavy atom. The molecule has 0 bridgehead atoms. The molecular formula is C25H32F2O6S. The SMILES string of the molecule is CCC(=O)O[C@]1(C(=O)SCO)[C@H](C)C[C@H]2C3CC(F)=C4CC(=O)C=C[C@]4(C)[C@@]3(F)[C@@H](O)C[C@@]21C. The highest BCUT2D eigenvalue weighted by molar-refractivity contribution is 8.13. The van der Waals surface area contributed by atoms with Crippen molar-refractivity contribution in [3.05, 3.63) is 23.6 Å². The van der Waals surface area contributed by atoms with Crippen LogP contribution in [-0.2, 0) is 19.1 Å². The Morgan fingerprint density at radius 2 is 1.97 bits per heavy atom. The lowest BCUT2D eigenvalue weighted by Crippen LogP contribution is -2.69. The number of rotatable bonds is 4. The third-order valence-electron chi connectivity index (χ3n) is 9.26. The predicted octanol–water partition coefficient (Wildman–Crippen LogP) is 3.80. The van der Waals surface area contributed by atoms with E-state index < -0.39 is 68.8 Å². The quantitative estimate of drug-likeness (QED) is 0.449. The van der Waals surface area contributed by atoms with Crippen LogP contribution < -0.4 is 0 Å². The van der Waals surface area contributed by atoms with Crippen molar-refractivity contribution in [1.29, 1.82) is 0 Å². The average Bonchev–Trinajstić information content (AvgIpc) is 2.99. The molecule has 4 rings (SSSR count). The number of fused-ring (bicyclic) bond motifs is 5. The summed E-state index contributed by atoms with van der Waals surface area (Å²) in [6.45, 7) is 6.58. The van der Waals surface area contributed by atoms with Crippen molar-refractivity contribution in [2.75, 3.05) is 5.94 Å². The van der Waals surface area contributed by atoms with Gasteiger partial charge in [0.1, 0.15) is 5.83 Å². The van der Waals surface area contributed by atoms with Crippen LogP contribution in [0.25, 0.3) is 0 Å². The van der Waals surface area contributed by atoms with Gasteiger partial charge in [0, 0.05) is 41.9 Å². The highest BCUT2D eigenvalue weighted by Crippen LogP contribution is 2.72. The molecule has 0 radical (unpaired) electrons. The second-order valence-electron chi connectivity index (χ2n) is 10.6. The first kappa shape index (κ1) is 25.5. The van der Waals surface area contributed by atoms with Gasteiger partial charge in [-0.15, -0.1) is 0 Å². The summed E-state index contributed by atoms with van der Waals surface area (Å²) < 4.78 is 38.6. The Morgan fingerprint density at radius 3 is 2.59 bits per heavy atom. The third kappa shape index (κ3) is 3.02. The van der Waals surface area contributed by atoms with Crippen molar-refractivity contribution in [2.24, 2.45) is 28.6 Å². The second kappa shape index (κ2) is 8.23. The molecule has 9 heteroatoms. The summed E-state index contributed by atoms with van der Waals surface area (Å²) in [6, 6.07) is 0. The molecule has 0 heterocycles. The van der Waals surface area contributed by atoms with Crippen LogP contribution in [-0.4, -0.2) is 50.4 Å². The van der Waals surface area contributed by atoms with Gasteiger partial charge < -0.3 is 14.9 Å². The summed E-state index contributed by atoms with van der Waals surface area (Å²) in [5.41, 5.74) is -6.58. The van der Waals surface area contributed by atoms with Crippen molar-refractivity contribution in [2.45, 2.75) is 77.2 Å². The lowest BCUT2D eigenvalue weighted by Gasteiger charge is -2.62. The normalized spacial score (nSPS) is 45.5. The zero-order valence-electron chi connectivity index (χ0n) is 19.9. The predicted molar refractivity (Wildman–Crippen MR) is 122 cm³/mol. The molecule has 34 heavy (non-hydrogen) atoms. The van der Waals surface area contributed by atoms with E-state index in [1.54, 1.807) is 20.8 Å². The van der Waals surface area contributed by atoms with Crippen molar-refractivity contribution < 1.29 is 38.1 Å². The molecule has 1 unspecified atom stereocenters. The summed E-state index contributed by atoms with van der Waals surface area (Å²) >= 11 is 0.618. The van der Waals surface area contributed by atoms with E-state index in [0.29, 0.717) is 11.8 Å². The van der Waals surface area contributed by atoms with Crippen LogP contribution in [0.3, 0.4) is 0 Å². The van der Waals surface area contributed by atoms with Crippen LogP contribution in [0, 0.1) is 28.6 Å². The molecular weight excluding hydrogens is 466 g/mol. The Bertz CT molecular complexity index is 996. The van der Waals surface area contributed by atoms with E-state index in [4.69, 9.17) is 4.74 Å². The van der Waals surface area contributed by atoms with Crippen LogP contribution >= 0.6 is 11.8 Å². The van der Waals surface area contributed by atoms with Gasteiger partial charge in [0.15, 0.2) is 17.1 Å². The van der Waals surface area contributed by atoms with Crippen LogP contribution in [0.4, 0.5) is 8.78 Å². The molecule has 4 aliphatic rings. The molecule has 2 saturated carbocycles. The number of hydrogen-bond acceptors (Lipinski definition) is 7. The maximum atomic E-state index is 17.2. The van der Waals surface area contributed by atoms with Gasteiger partial charge in [-0.1, -0.05) is 38.6 Å². The summed E-state index contributed by atoms with van der Waals surface area (Å²) in [4.78, 5) is 37.9. The number of hydrogen-bond donors (Lipinski definition) is 2. The van der Waals surface area contributed by atoms with E-state index in [0.717, 1.165) is 0 Å². The van der Waals surface area contributed by atoms with Crippen molar-refractivity contribution in [3.8, 4) is 0 Å². The number of aliphatic hydroxyl groups is 2. The number of aliphatic hydroxyl groups excluding tert-OH is 2. The molecule has 0 aromatic heterocycles. The third-order valence-corrected chi connectivity index (χ3v) is 9.96. The minimum atomic E-state index is -2.27. The smallest absolute Gasteiger partial charge is 0.306 e. The van der Waals surface area contributed by atoms with Gasteiger partial charge in [0.05, 0.1) is 12.0 Å². The molecule has 4 aliphatic carbocycles. The number of allylic oxidation sites excluding steroid dienone is 4. The summed E-state index contributed by atoms with van der Waals surface area (Å²) in [7, 11) is 0. The Hall–Kier alpha value is -1.58. The average molecular weight is 499 g/mol. The van der Waals surface area contributed by atoms with Gasteiger partial charge in [-0.05, 0) is 37.3 Å². The lowest BCUT2D eigenvalue weighted by molar-refractivity contribution is -0.223. The van der Waals surface area contributed by atoms with E-state index in [2.05, 4.69) is 0 Å². The molecule has 0 amide bonds. The Kier molecular flexibility index (Phi) is 6.18. The maximum absolute atomic E-state index is 17.2. The molecule has 8 atom stereocenters. The zero-order valence-corrected chi connectivity index (χ0v) is 20.7. The fraction of sp³-hybridized carbons (Fsp3) is 0.720. The van der Waals surface area contributed by atoms with Gasteiger partial charge >= 0.3 is 5.97 Å². The molecule has 6 nitrogen and oxygen atoms in total. The first-order chi connectivity index (χ1) is 15.8. The Labute approximate surface area is 202 Å². The number of ketones is 1. The van der Waals surface area contributed by atoms with Crippen molar-refractivity contribution in [3.63, 3.8) is 0 Å². The topological polar surface area (TPSA) is 101 Å². The summed E-state index contributed by atoms with van der Waals surface area (Å²) in [5, 5.41) is 20.3. The van der Waals surface area contributed by atoms with Gasteiger partial charge in [0.2, 0.25) is 5.12 Å². The molecule has 0 aromatic rings. The first-order valence-electron chi connectivity index (χ1n) is 11.8. The second-order valence-corrected chi connectivity index (χ2v) is 11.6. The lowest BCUT2D eigenvalue weighted by atomic mass is 9.45. The molecule has 2 N–H and O–H groups in total. The minimum absolute atomic E-state index is 0.0168. The Balaban J connectivity index is 1.89. The summed E-state index contributed by atoms with van der Waals surface area (Å²) in [6.07, 6.45) is 0.627. The van der Waals surface area contributed by atoms with Gasteiger partial charge in [-0.2, -0.15) is 0 Å². The van der Waals surface area contributed by atoms with Gasteiger partial charge in [-0.25, -0.2) is 8.78 Å². The largest absolute Gasteiger partial charge is 0.449 e. The fourth-order valence-electron chi connectivity index (χ4n) is 7.61. The molecule has 2 fully saturated rings. The molecule has 0 aliphatic heterocycles. The molecule has 188 valence electrons. The van der Waals surface area contributed by atoms with Gasteiger partial charge in [-0.3, -0.25) is 14.4 Å². The first-order valence-corrected chi connectivity index (χ1v) is 12.8. The number of halogens is 2. The van der Waals surface area contributed by atoms with E-state index in [1.165, 1.54) is 19.1 Å². The number of carbonyl (C=O) groups is 3. The van der Waals surface area contributed by atoms with E-state index in [9.17, 15) is 24.6 Å². The van der Waals surface area contributed by atoms with Crippen LogP contribution in [0.2, 0.25) is 0 Å². The van der Waals surface area contributed by atoms with Gasteiger partial charge in [0.25, 0.3) is 0 Å². The molecule has 0 spiro atoms. The zero-order chi connectivity index (χ0) is 25.3. The van der Waals surface area contributed by atoms with Crippen LogP contribution in [0.1, 0.15) is 59.8 Å². The number of esters is 1. The monoisotopic (exact) mass is 498 g/mol. The number of carbonyl (C=O) groups excluding carboxylic acids is 3. The highest BCUT2D eigenvalue weighted by Gasteiger charge is 2.77. The van der Waals surface area contributed by atoms with E-state index in [-0.39, 0.29) is 43.5 Å². The number of ether oxygens (including phenoxy) is 1. The van der Waals surface area contributed by atoms with E-state index >= 15 is 8.78 Å². The standard InChI is InChI=1S/C25H32F2O6S/c1-5-20(31)33-25(21(32)34-12-28)13(2)8-15-16-10-18(26)17-9-14(29)6-7-22(17,3)24(16,27)19(30)11-23(15,25)4/h6-7,13,15-16,19,28,30H,5,8-12H2,1-4H3/t13-,15+,16?,19+,22+,23+,24+,25+/m1/s1. The molecule has 0 saturated heterocycles. The van der Waals surface area contributed by atoms with Crippen LogP contribution in [0.15, 0.2) is 23.6 Å². The molecule has 0 aromatic carbocycles. The van der Waals surface area contributed by atoms with Crippen LogP contribution in [0.5, 0.6) is 0 Å². The highest BCUT2D eigenvalue weighted by atomic mass is 32.2. The fourth-order valence-corrected chi connectivity index (χ4v) is 8.42. The number of thioether (sulfide) groups is 1. The van der Waals surface area contributed by atoms with E-state index in [1.807, 2.05) is 0 Å². The number of alkyl halides is 1. The summed E-state index contributed by atoms with van der Waals surface area (Å²) in [5.74, 6) is -4.11. The maximum Gasteiger partial charge on any atom is 0.306 e. The minimum Gasteiger partial charge on any atom is -0.449 e. The van der Waals surface area contributed by atoms with Crippen molar-refractivity contribution >= 4 is 28.6 Å².